The van der Waals surface area contributed by atoms with Gasteiger partial charge in [0.2, 0.25) is 0 Å². The molecule has 0 heterocycles. The van der Waals surface area contributed by atoms with E-state index < -0.39 is 0 Å². The van der Waals surface area contributed by atoms with Gasteiger partial charge >= 0.3 is 5.97 Å². The summed E-state index contributed by atoms with van der Waals surface area (Å²) in [7, 11) is 0. The third-order valence-electron chi connectivity index (χ3n) is 10.5. The fraction of sp³-hybridized carbons (Fsp3) is 0.966. The molecule has 176 valence electrons. The minimum atomic E-state index is 0.158. The molecule has 0 amide bonds. The first-order valence-corrected chi connectivity index (χ1v) is 14.4. The Morgan fingerprint density at radius 1 is 0.548 bits per heavy atom. The highest BCUT2D eigenvalue weighted by Crippen LogP contribution is 2.48. The van der Waals surface area contributed by atoms with Gasteiger partial charge in [0, 0.05) is 0 Å². The first kappa shape index (κ1) is 22.3. The number of carbonyl (C=O) groups excluding carboxylic acids is 1. The van der Waals surface area contributed by atoms with E-state index in [1.54, 1.807) is 19.3 Å². The second-order valence-electron chi connectivity index (χ2n) is 12.5. The molecule has 0 N–H and O–H groups in total. The summed E-state index contributed by atoms with van der Waals surface area (Å²) in [6.07, 6.45) is 27.8. The fourth-order valence-electron chi connectivity index (χ4n) is 8.61. The molecule has 2 nitrogen and oxygen atoms in total. The van der Waals surface area contributed by atoms with Crippen LogP contribution in [-0.2, 0) is 9.53 Å². The molecule has 0 bridgehead atoms. The molecule has 0 aromatic carbocycles. The number of esters is 1. The van der Waals surface area contributed by atoms with Crippen molar-refractivity contribution in [2.45, 2.75) is 135 Å². The van der Waals surface area contributed by atoms with Crippen LogP contribution < -0.4 is 0 Å². The van der Waals surface area contributed by atoms with Gasteiger partial charge in [-0.2, -0.15) is 0 Å². The van der Waals surface area contributed by atoms with E-state index in [0.29, 0.717) is 0 Å². The van der Waals surface area contributed by atoms with Gasteiger partial charge in [0.1, 0.15) is 6.10 Å². The molecule has 5 fully saturated rings. The zero-order valence-electron chi connectivity index (χ0n) is 20.1. The lowest BCUT2D eigenvalue weighted by atomic mass is 9.63. The van der Waals surface area contributed by atoms with E-state index in [-0.39, 0.29) is 18.0 Å². The lowest BCUT2D eigenvalue weighted by Gasteiger charge is -2.43. The predicted octanol–water partition coefficient (Wildman–Crippen LogP) is 8.08. The second kappa shape index (κ2) is 10.6. The summed E-state index contributed by atoms with van der Waals surface area (Å²) < 4.78 is 5.94. The van der Waals surface area contributed by atoms with Gasteiger partial charge in [0.05, 0.1) is 5.92 Å². The summed E-state index contributed by atoms with van der Waals surface area (Å²) in [6, 6.07) is 0. The third-order valence-corrected chi connectivity index (χ3v) is 10.5. The molecule has 5 aliphatic rings. The summed E-state index contributed by atoms with van der Waals surface area (Å²) in [6.45, 7) is 0. The van der Waals surface area contributed by atoms with Crippen molar-refractivity contribution in [1.29, 1.82) is 0 Å². The standard InChI is InChI=1S/C29H48O2/c30-29(31-28-8-2-1-3-9-28)27-17-16-25-19-22(13-15-26(25)20-27)11-10-21-12-14-23-6-4-5-7-24(23)18-21/h21-28H,1-20H2. The summed E-state index contributed by atoms with van der Waals surface area (Å²) >= 11 is 0. The van der Waals surface area contributed by atoms with Gasteiger partial charge in [-0.15, -0.1) is 0 Å². The predicted molar refractivity (Wildman–Crippen MR) is 127 cm³/mol. The van der Waals surface area contributed by atoms with E-state index in [0.717, 1.165) is 61.2 Å². The van der Waals surface area contributed by atoms with Gasteiger partial charge in [-0.3, -0.25) is 4.79 Å². The SMILES string of the molecule is O=C(OC1CCCCC1)C1CCC2CC(CCC3CCC4CCCCC4C3)CCC2C1. The first-order valence-electron chi connectivity index (χ1n) is 14.4. The van der Waals surface area contributed by atoms with Crippen molar-refractivity contribution in [3.63, 3.8) is 0 Å². The Kier molecular flexibility index (Phi) is 7.62. The molecule has 5 aliphatic carbocycles. The molecule has 0 aromatic heterocycles. The van der Waals surface area contributed by atoms with E-state index in [2.05, 4.69) is 0 Å². The van der Waals surface area contributed by atoms with Crippen molar-refractivity contribution in [2.75, 3.05) is 0 Å². The van der Waals surface area contributed by atoms with E-state index in [1.165, 1.54) is 83.5 Å². The molecule has 5 rings (SSSR count). The maximum absolute atomic E-state index is 12.8. The maximum atomic E-state index is 12.8. The Hall–Kier alpha value is -0.530. The molecule has 0 spiro atoms. The zero-order chi connectivity index (χ0) is 21.0. The van der Waals surface area contributed by atoms with Gasteiger partial charge in [-0.1, -0.05) is 57.8 Å². The molecule has 7 unspecified atom stereocenters. The molecule has 5 saturated carbocycles. The Labute approximate surface area is 191 Å². The van der Waals surface area contributed by atoms with Crippen LogP contribution in [0.5, 0.6) is 0 Å². The smallest absolute Gasteiger partial charge is 0.309 e. The molecule has 7 atom stereocenters. The number of ether oxygens (including phenoxy) is 1. The van der Waals surface area contributed by atoms with Crippen molar-refractivity contribution in [2.24, 2.45) is 41.4 Å². The highest BCUT2D eigenvalue weighted by atomic mass is 16.5. The third kappa shape index (κ3) is 5.70. The van der Waals surface area contributed by atoms with E-state index >= 15 is 0 Å². The van der Waals surface area contributed by atoms with Crippen molar-refractivity contribution in [3.05, 3.63) is 0 Å². The van der Waals surface area contributed by atoms with Crippen LogP contribution in [0.4, 0.5) is 0 Å². The summed E-state index contributed by atoms with van der Waals surface area (Å²) in [5, 5.41) is 0. The molecular formula is C29H48O2. The van der Waals surface area contributed by atoms with Crippen LogP contribution >= 0.6 is 0 Å². The van der Waals surface area contributed by atoms with Crippen LogP contribution in [0.3, 0.4) is 0 Å². The minimum Gasteiger partial charge on any atom is -0.462 e. The number of fused-ring (bicyclic) bond motifs is 2. The minimum absolute atomic E-state index is 0.158. The molecule has 0 radical (unpaired) electrons. The van der Waals surface area contributed by atoms with Crippen molar-refractivity contribution < 1.29 is 9.53 Å². The van der Waals surface area contributed by atoms with Crippen LogP contribution in [0.25, 0.3) is 0 Å². The van der Waals surface area contributed by atoms with Crippen LogP contribution in [0, 0.1) is 41.4 Å². The summed E-state index contributed by atoms with van der Waals surface area (Å²) in [5.41, 5.74) is 0. The fourth-order valence-corrected chi connectivity index (χ4v) is 8.61. The Morgan fingerprint density at radius 3 is 1.84 bits per heavy atom. The van der Waals surface area contributed by atoms with Gasteiger partial charge in [0.15, 0.2) is 0 Å². The lowest BCUT2D eigenvalue weighted by Crippen LogP contribution is -2.35. The normalized spacial score (nSPS) is 41.7. The zero-order valence-corrected chi connectivity index (χ0v) is 20.1. The quantitative estimate of drug-likeness (QED) is 0.414. The van der Waals surface area contributed by atoms with Crippen LogP contribution in [0.15, 0.2) is 0 Å². The number of hydrogen-bond acceptors (Lipinski definition) is 2. The average Bonchev–Trinajstić information content (AvgIpc) is 2.82. The van der Waals surface area contributed by atoms with Crippen molar-refractivity contribution >= 4 is 5.97 Å². The average molecular weight is 429 g/mol. The van der Waals surface area contributed by atoms with Gasteiger partial charge in [-0.25, -0.2) is 0 Å². The summed E-state index contributed by atoms with van der Waals surface area (Å²) in [5.74, 6) is 6.31. The molecule has 0 saturated heterocycles. The Balaban J connectivity index is 1.03. The highest BCUT2D eigenvalue weighted by molar-refractivity contribution is 5.72. The first-order chi connectivity index (χ1) is 15.2. The molecule has 0 aromatic rings. The second-order valence-corrected chi connectivity index (χ2v) is 12.5. The number of rotatable bonds is 5. The molecular weight excluding hydrogens is 380 g/mol. The summed E-state index contributed by atoms with van der Waals surface area (Å²) in [4.78, 5) is 12.8. The van der Waals surface area contributed by atoms with Crippen LogP contribution in [-0.4, -0.2) is 12.1 Å². The van der Waals surface area contributed by atoms with E-state index in [1.807, 2.05) is 0 Å². The molecule has 2 heteroatoms. The number of hydrogen-bond donors (Lipinski definition) is 0. The lowest BCUT2D eigenvalue weighted by molar-refractivity contribution is -0.158. The van der Waals surface area contributed by atoms with Crippen LogP contribution in [0.1, 0.15) is 128 Å². The Morgan fingerprint density at radius 2 is 1.10 bits per heavy atom. The van der Waals surface area contributed by atoms with Crippen LogP contribution in [0.2, 0.25) is 0 Å². The largest absolute Gasteiger partial charge is 0.462 e. The monoisotopic (exact) mass is 428 g/mol. The maximum Gasteiger partial charge on any atom is 0.309 e. The molecule has 0 aliphatic heterocycles. The van der Waals surface area contributed by atoms with Gasteiger partial charge < -0.3 is 4.74 Å². The molecule has 31 heavy (non-hydrogen) atoms. The van der Waals surface area contributed by atoms with E-state index in [4.69, 9.17) is 4.74 Å². The Bertz CT molecular complexity index is 579. The highest BCUT2D eigenvalue weighted by Gasteiger charge is 2.39. The topological polar surface area (TPSA) is 26.3 Å². The van der Waals surface area contributed by atoms with Crippen molar-refractivity contribution in [1.82, 2.24) is 0 Å². The number of carbonyl (C=O) groups is 1. The van der Waals surface area contributed by atoms with E-state index in [9.17, 15) is 4.79 Å². The van der Waals surface area contributed by atoms with Gasteiger partial charge in [-0.05, 0) is 106 Å². The van der Waals surface area contributed by atoms with Gasteiger partial charge in [0.25, 0.3) is 0 Å². The van der Waals surface area contributed by atoms with Crippen molar-refractivity contribution in [3.8, 4) is 0 Å².